The van der Waals surface area contributed by atoms with E-state index in [2.05, 4.69) is 10.6 Å². The van der Waals surface area contributed by atoms with Crippen LogP contribution in [0.4, 0.5) is 16.2 Å². The molecule has 34 heavy (non-hydrogen) atoms. The second-order valence-electron chi connectivity index (χ2n) is 8.95. The minimum atomic E-state index is -3.53. The van der Waals surface area contributed by atoms with Crippen molar-refractivity contribution in [3.8, 4) is 0 Å². The molecule has 7 nitrogen and oxygen atoms in total. The summed E-state index contributed by atoms with van der Waals surface area (Å²) in [6, 6.07) is 12.4. The van der Waals surface area contributed by atoms with Crippen molar-refractivity contribution in [2.75, 3.05) is 29.0 Å². The van der Waals surface area contributed by atoms with E-state index < -0.39 is 21.7 Å². The first-order chi connectivity index (χ1) is 15.9. The number of rotatable bonds is 11. The fourth-order valence-corrected chi connectivity index (χ4v) is 4.39. The van der Waals surface area contributed by atoms with Gasteiger partial charge in [-0.05, 0) is 75.9 Å². The van der Waals surface area contributed by atoms with Gasteiger partial charge in [0.15, 0.2) is 0 Å². The number of anilines is 2. The Hall–Kier alpha value is -2.16. The van der Waals surface area contributed by atoms with Gasteiger partial charge in [-0.25, -0.2) is 13.2 Å². The van der Waals surface area contributed by atoms with Crippen LogP contribution in [0.15, 0.2) is 42.5 Å². The number of sulfonamides is 1. The van der Waals surface area contributed by atoms with E-state index >= 15 is 0 Å². The minimum Gasteiger partial charge on any atom is -0.444 e. The Morgan fingerprint density at radius 3 is 2.26 bits per heavy atom. The molecule has 0 heterocycles. The van der Waals surface area contributed by atoms with Crippen LogP contribution in [-0.2, 0) is 21.3 Å². The molecule has 0 radical (unpaired) electrons. The predicted octanol–water partition coefficient (Wildman–Crippen LogP) is 6.07. The lowest BCUT2D eigenvalue weighted by Crippen LogP contribution is -2.33. The molecule has 0 aliphatic rings. The molecule has 0 aromatic heterocycles. The molecule has 188 valence electrons. The van der Waals surface area contributed by atoms with E-state index in [1.165, 1.54) is 4.31 Å². The van der Waals surface area contributed by atoms with E-state index in [-0.39, 0.29) is 6.54 Å². The molecule has 0 saturated heterocycles. The number of unbranched alkanes of at least 4 members (excludes halogenated alkanes) is 2. The molecular weight excluding hydrogens is 497 g/mol. The molecule has 0 aliphatic heterocycles. The van der Waals surface area contributed by atoms with Gasteiger partial charge in [-0.3, -0.25) is 4.31 Å². The molecule has 0 fully saturated rings. The van der Waals surface area contributed by atoms with Crippen LogP contribution in [0.2, 0.25) is 10.0 Å². The van der Waals surface area contributed by atoms with Crippen molar-refractivity contribution >= 4 is 50.7 Å². The van der Waals surface area contributed by atoms with Crippen molar-refractivity contribution in [3.05, 3.63) is 58.1 Å². The van der Waals surface area contributed by atoms with Crippen molar-refractivity contribution in [1.82, 2.24) is 5.32 Å². The molecular formula is C24H33Cl2N3O4S. The zero-order valence-electron chi connectivity index (χ0n) is 20.0. The highest BCUT2D eigenvalue weighted by atomic mass is 35.5. The molecule has 2 aromatic carbocycles. The number of alkyl carbamates (subject to hydrolysis) is 1. The summed E-state index contributed by atoms with van der Waals surface area (Å²) in [4.78, 5) is 11.6. The summed E-state index contributed by atoms with van der Waals surface area (Å²) in [5.41, 5.74) is 1.56. The van der Waals surface area contributed by atoms with E-state index in [9.17, 15) is 13.2 Å². The topological polar surface area (TPSA) is 87.7 Å². The van der Waals surface area contributed by atoms with E-state index in [0.717, 1.165) is 37.8 Å². The maximum atomic E-state index is 12.4. The zero-order valence-corrected chi connectivity index (χ0v) is 22.4. The van der Waals surface area contributed by atoms with Gasteiger partial charge in [0.05, 0.1) is 28.5 Å². The lowest BCUT2D eigenvalue weighted by molar-refractivity contribution is 0.0527. The fourth-order valence-electron chi connectivity index (χ4n) is 3.13. The third-order valence-electron chi connectivity index (χ3n) is 4.75. The van der Waals surface area contributed by atoms with E-state index in [4.69, 9.17) is 27.9 Å². The van der Waals surface area contributed by atoms with Gasteiger partial charge < -0.3 is 15.4 Å². The van der Waals surface area contributed by atoms with Crippen LogP contribution in [0.3, 0.4) is 0 Å². The molecule has 2 aromatic rings. The number of hydrogen-bond acceptors (Lipinski definition) is 5. The Labute approximate surface area is 212 Å². The first-order valence-electron chi connectivity index (χ1n) is 11.1. The lowest BCUT2D eigenvalue weighted by Gasteiger charge is -2.23. The summed E-state index contributed by atoms with van der Waals surface area (Å²) in [5.74, 6) is 0. The van der Waals surface area contributed by atoms with Crippen LogP contribution >= 0.6 is 23.2 Å². The Kier molecular flexibility index (Phi) is 10.3. The molecule has 2 rings (SSSR count). The summed E-state index contributed by atoms with van der Waals surface area (Å²) < 4.78 is 31.3. The Balaban J connectivity index is 1.83. The Bertz CT molecular complexity index is 1050. The molecule has 1 amide bonds. The summed E-state index contributed by atoms with van der Waals surface area (Å²) in [7, 11) is -3.53. The van der Waals surface area contributed by atoms with Gasteiger partial charge in [0.2, 0.25) is 10.0 Å². The number of nitrogens with one attached hydrogen (secondary N) is 2. The monoisotopic (exact) mass is 529 g/mol. The van der Waals surface area contributed by atoms with Gasteiger partial charge in [-0.1, -0.05) is 35.3 Å². The molecule has 0 saturated carbocycles. The molecule has 0 aliphatic carbocycles. The molecule has 0 spiro atoms. The normalized spacial score (nSPS) is 11.7. The molecule has 0 unspecified atom stereocenters. The molecule has 0 bridgehead atoms. The standard InChI is InChI=1S/C24H33Cl2N3O4S/c1-24(2,3)33-23(30)28-16-7-5-6-15-27-19-11-13-20(14-12-19)29(34(4,31)32)17-18-9-8-10-21(25)22(18)26/h8-14,27H,5-7,15-17H2,1-4H3,(H,28,30). The average Bonchev–Trinajstić information content (AvgIpc) is 2.72. The first kappa shape index (κ1) is 28.1. The van der Waals surface area contributed by atoms with E-state index in [1.807, 2.05) is 32.9 Å². The van der Waals surface area contributed by atoms with Crippen LogP contribution in [-0.4, -0.2) is 39.5 Å². The van der Waals surface area contributed by atoms with Crippen molar-refractivity contribution in [1.29, 1.82) is 0 Å². The highest BCUT2D eigenvalue weighted by Gasteiger charge is 2.20. The van der Waals surface area contributed by atoms with Gasteiger partial charge >= 0.3 is 6.09 Å². The van der Waals surface area contributed by atoms with E-state index in [0.29, 0.717) is 27.8 Å². The number of carbonyl (C=O) groups is 1. The second-order valence-corrected chi connectivity index (χ2v) is 11.6. The van der Waals surface area contributed by atoms with Gasteiger partial charge in [0.25, 0.3) is 0 Å². The number of ether oxygens (including phenoxy) is 1. The zero-order chi connectivity index (χ0) is 25.4. The largest absolute Gasteiger partial charge is 0.444 e. The highest BCUT2D eigenvalue weighted by molar-refractivity contribution is 7.92. The number of carbonyl (C=O) groups excluding carboxylic acids is 1. The molecule has 2 N–H and O–H groups in total. The summed E-state index contributed by atoms with van der Waals surface area (Å²) in [5, 5.41) is 6.80. The Morgan fingerprint density at radius 2 is 1.65 bits per heavy atom. The smallest absolute Gasteiger partial charge is 0.407 e. The number of nitrogens with zero attached hydrogens (tertiary/aromatic N) is 1. The number of hydrogen-bond donors (Lipinski definition) is 2. The summed E-state index contributed by atoms with van der Waals surface area (Å²) >= 11 is 12.3. The van der Waals surface area contributed by atoms with Crippen molar-refractivity contribution in [2.24, 2.45) is 0 Å². The van der Waals surface area contributed by atoms with Crippen LogP contribution in [0, 0.1) is 0 Å². The maximum absolute atomic E-state index is 12.4. The van der Waals surface area contributed by atoms with Crippen molar-refractivity contribution in [2.45, 2.75) is 52.2 Å². The van der Waals surface area contributed by atoms with Crippen LogP contribution < -0.4 is 14.9 Å². The van der Waals surface area contributed by atoms with Gasteiger partial charge in [-0.15, -0.1) is 0 Å². The highest BCUT2D eigenvalue weighted by Crippen LogP contribution is 2.29. The number of benzene rings is 2. The average molecular weight is 531 g/mol. The quantitative estimate of drug-likeness (QED) is 0.345. The predicted molar refractivity (Wildman–Crippen MR) is 141 cm³/mol. The molecule has 10 heteroatoms. The lowest BCUT2D eigenvalue weighted by atomic mass is 10.2. The Morgan fingerprint density at radius 1 is 1.00 bits per heavy atom. The third kappa shape index (κ3) is 9.60. The van der Waals surface area contributed by atoms with Crippen molar-refractivity contribution in [3.63, 3.8) is 0 Å². The maximum Gasteiger partial charge on any atom is 0.407 e. The van der Waals surface area contributed by atoms with E-state index in [1.54, 1.807) is 30.3 Å². The molecule has 0 atom stereocenters. The van der Waals surface area contributed by atoms with Crippen LogP contribution in [0.25, 0.3) is 0 Å². The van der Waals surface area contributed by atoms with Crippen molar-refractivity contribution < 1.29 is 17.9 Å². The summed E-state index contributed by atoms with van der Waals surface area (Å²) in [6.45, 7) is 6.92. The number of halogens is 2. The van der Waals surface area contributed by atoms with Gasteiger partial charge in [0, 0.05) is 18.8 Å². The fraction of sp³-hybridized carbons (Fsp3) is 0.458. The van der Waals surface area contributed by atoms with Crippen LogP contribution in [0.1, 0.15) is 45.6 Å². The minimum absolute atomic E-state index is 0.0856. The second kappa shape index (κ2) is 12.5. The third-order valence-corrected chi connectivity index (χ3v) is 6.75. The number of amides is 1. The summed E-state index contributed by atoms with van der Waals surface area (Å²) in [6.07, 6.45) is 3.50. The SMILES string of the molecule is CC(C)(C)OC(=O)NCCCCCNc1ccc(N(Cc2cccc(Cl)c2Cl)S(C)(=O)=O)cc1. The van der Waals surface area contributed by atoms with Crippen LogP contribution in [0.5, 0.6) is 0 Å². The first-order valence-corrected chi connectivity index (χ1v) is 13.7. The van der Waals surface area contributed by atoms with Gasteiger partial charge in [-0.2, -0.15) is 0 Å². The van der Waals surface area contributed by atoms with Gasteiger partial charge in [0.1, 0.15) is 5.60 Å².